The van der Waals surface area contributed by atoms with Crippen LogP contribution in [0.25, 0.3) is 0 Å². The lowest BCUT2D eigenvalue weighted by Gasteiger charge is -2.19. The fourth-order valence-corrected chi connectivity index (χ4v) is 0.618. The van der Waals surface area contributed by atoms with Gasteiger partial charge in [-0.2, -0.15) is 0 Å². The maximum absolute atomic E-state index is 10.9. The minimum absolute atomic E-state index is 0.0505. The Hall–Kier alpha value is -1.06. The fourth-order valence-electron chi connectivity index (χ4n) is 0.618. The summed E-state index contributed by atoms with van der Waals surface area (Å²) in [6.07, 6.45) is 1.36. The van der Waals surface area contributed by atoms with Crippen LogP contribution < -0.4 is 5.73 Å². The van der Waals surface area contributed by atoms with E-state index in [0.29, 0.717) is 0 Å². The Morgan fingerprint density at radius 3 is 1.80 bits per heavy atom. The number of ether oxygens (including phenoxy) is 1. The van der Waals surface area contributed by atoms with Gasteiger partial charge in [-0.1, -0.05) is 20.3 Å². The number of hydrogen-bond donors (Lipinski definition) is 1. The van der Waals surface area contributed by atoms with Crippen LogP contribution in [0.2, 0.25) is 0 Å². The quantitative estimate of drug-likeness (QED) is 0.735. The molecule has 0 aromatic heterocycles. The molecule has 2 N–H and O–H groups in total. The van der Waals surface area contributed by atoms with Gasteiger partial charge in [0.25, 0.3) is 0 Å². The zero-order chi connectivity index (χ0) is 12.5. The van der Waals surface area contributed by atoms with E-state index in [1.165, 1.54) is 6.42 Å². The first kappa shape index (κ1) is 16.4. The molecule has 0 aliphatic carbocycles. The van der Waals surface area contributed by atoms with Crippen LogP contribution in [0.5, 0.6) is 0 Å². The van der Waals surface area contributed by atoms with Crippen molar-refractivity contribution in [3.63, 3.8) is 0 Å². The van der Waals surface area contributed by atoms with Gasteiger partial charge in [0.1, 0.15) is 5.60 Å². The van der Waals surface area contributed by atoms with E-state index >= 15 is 0 Å². The maximum Gasteiger partial charge on any atom is 0.306 e. The molecule has 0 spiro atoms. The number of nitrogens with two attached hydrogens (primary N) is 1. The SMILES string of the molecule is CC(C)(C)OC(=O)CCC(N)=O.CCC. The van der Waals surface area contributed by atoms with Gasteiger partial charge in [0.05, 0.1) is 6.42 Å². The summed E-state index contributed by atoms with van der Waals surface area (Å²) in [5.41, 5.74) is 4.37. The van der Waals surface area contributed by atoms with Gasteiger partial charge in [0.2, 0.25) is 5.91 Å². The third kappa shape index (κ3) is 19.4. The fraction of sp³-hybridized carbons (Fsp3) is 0.818. The molecule has 0 rings (SSSR count). The number of rotatable bonds is 3. The standard InChI is InChI=1S/C8H15NO3.C3H8/c1-8(2,3)12-7(11)5-4-6(9)10;1-3-2/h4-5H2,1-3H3,(H2,9,10);3H2,1-2H3. The van der Waals surface area contributed by atoms with Crippen molar-refractivity contribution in [2.75, 3.05) is 0 Å². The van der Waals surface area contributed by atoms with E-state index in [2.05, 4.69) is 13.8 Å². The first-order chi connectivity index (χ1) is 6.72. The van der Waals surface area contributed by atoms with Gasteiger partial charge >= 0.3 is 5.97 Å². The molecule has 0 bridgehead atoms. The van der Waals surface area contributed by atoms with Gasteiger partial charge in [0, 0.05) is 6.42 Å². The Morgan fingerprint density at radius 1 is 1.13 bits per heavy atom. The summed E-state index contributed by atoms with van der Waals surface area (Å²) in [5.74, 6) is -0.873. The highest BCUT2D eigenvalue weighted by atomic mass is 16.6. The molecular weight excluding hydrogens is 194 g/mol. The van der Waals surface area contributed by atoms with E-state index in [1.807, 2.05) is 0 Å². The van der Waals surface area contributed by atoms with Crippen LogP contribution in [-0.4, -0.2) is 17.5 Å². The predicted molar refractivity (Wildman–Crippen MR) is 60.2 cm³/mol. The van der Waals surface area contributed by atoms with Crippen molar-refractivity contribution >= 4 is 11.9 Å². The van der Waals surface area contributed by atoms with Crippen LogP contribution in [0.4, 0.5) is 0 Å². The molecule has 0 radical (unpaired) electrons. The molecule has 4 heteroatoms. The van der Waals surface area contributed by atoms with Gasteiger partial charge in [-0.05, 0) is 20.8 Å². The Bertz CT molecular complexity index is 194. The van der Waals surface area contributed by atoms with Crippen LogP contribution >= 0.6 is 0 Å². The second kappa shape index (κ2) is 8.26. The highest BCUT2D eigenvalue weighted by Gasteiger charge is 2.16. The molecule has 0 aliphatic heterocycles. The Kier molecular flexibility index (Phi) is 9.02. The van der Waals surface area contributed by atoms with Crippen LogP contribution in [0.3, 0.4) is 0 Å². The van der Waals surface area contributed by atoms with Gasteiger partial charge in [-0.15, -0.1) is 0 Å². The molecular formula is C11H23NO3. The number of amides is 1. The molecule has 90 valence electrons. The van der Waals surface area contributed by atoms with Crippen molar-refractivity contribution in [1.82, 2.24) is 0 Å². The molecule has 0 aromatic rings. The average Bonchev–Trinajstić information content (AvgIpc) is 1.99. The molecule has 4 nitrogen and oxygen atoms in total. The highest BCUT2D eigenvalue weighted by molar-refractivity contribution is 5.80. The summed E-state index contributed by atoms with van der Waals surface area (Å²) in [5, 5.41) is 0. The second-order valence-electron chi connectivity index (χ2n) is 4.26. The second-order valence-corrected chi connectivity index (χ2v) is 4.26. The molecule has 0 aromatic carbocycles. The molecule has 0 saturated carbocycles. The number of carbonyl (C=O) groups is 2. The summed E-state index contributed by atoms with van der Waals surface area (Å²) >= 11 is 0. The van der Waals surface area contributed by atoms with Crippen molar-refractivity contribution in [3.05, 3.63) is 0 Å². The normalized spacial score (nSPS) is 9.93. The zero-order valence-electron chi connectivity index (χ0n) is 10.4. The monoisotopic (exact) mass is 217 g/mol. The number of hydrogen-bond acceptors (Lipinski definition) is 3. The highest BCUT2D eigenvalue weighted by Crippen LogP contribution is 2.08. The Morgan fingerprint density at radius 2 is 1.53 bits per heavy atom. The summed E-state index contributed by atoms with van der Waals surface area (Å²) in [7, 11) is 0. The molecule has 0 aliphatic rings. The van der Waals surface area contributed by atoms with E-state index in [0.717, 1.165) is 0 Å². The number of primary amides is 1. The lowest BCUT2D eigenvalue weighted by Crippen LogP contribution is -2.24. The Balaban J connectivity index is 0. The molecule has 0 saturated heterocycles. The van der Waals surface area contributed by atoms with E-state index in [-0.39, 0.29) is 18.8 Å². The minimum atomic E-state index is -0.491. The number of carbonyl (C=O) groups excluding carboxylic acids is 2. The lowest BCUT2D eigenvalue weighted by atomic mass is 10.2. The smallest absolute Gasteiger partial charge is 0.306 e. The molecule has 0 atom stereocenters. The van der Waals surface area contributed by atoms with Crippen LogP contribution in [0.15, 0.2) is 0 Å². The minimum Gasteiger partial charge on any atom is -0.460 e. The molecule has 0 unspecified atom stereocenters. The third-order valence-electron chi connectivity index (χ3n) is 0.996. The van der Waals surface area contributed by atoms with Crippen molar-refractivity contribution in [2.24, 2.45) is 5.73 Å². The molecule has 0 heterocycles. The van der Waals surface area contributed by atoms with Crippen LogP contribution in [0.1, 0.15) is 53.9 Å². The first-order valence-electron chi connectivity index (χ1n) is 5.23. The van der Waals surface area contributed by atoms with E-state index < -0.39 is 11.5 Å². The van der Waals surface area contributed by atoms with Crippen molar-refractivity contribution < 1.29 is 14.3 Å². The summed E-state index contributed by atoms with van der Waals surface area (Å²) < 4.78 is 4.94. The van der Waals surface area contributed by atoms with Crippen LogP contribution in [-0.2, 0) is 14.3 Å². The van der Waals surface area contributed by atoms with E-state index in [9.17, 15) is 9.59 Å². The topological polar surface area (TPSA) is 69.4 Å². The van der Waals surface area contributed by atoms with Gasteiger partial charge < -0.3 is 10.5 Å². The lowest BCUT2D eigenvalue weighted by molar-refractivity contribution is -0.155. The summed E-state index contributed by atoms with van der Waals surface area (Å²) in [6, 6.07) is 0. The largest absolute Gasteiger partial charge is 0.460 e. The predicted octanol–water partition coefficient (Wildman–Crippen LogP) is 2.01. The average molecular weight is 217 g/mol. The van der Waals surface area contributed by atoms with E-state index in [4.69, 9.17) is 10.5 Å². The van der Waals surface area contributed by atoms with Crippen molar-refractivity contribution in [2.45, 2.75) is 59.5 Å². The van der Waals surface area contributed by atoms with E-state index in [1.54, 1.807) is 20.8 Å². The van der Waals surface area contributed by atoms with Crippen molar-refractivity contribution in [1.29, 1.82) is 0 Å². The third-order valence-corrected chi connectivity index (χ3v) is 0.996. The summed E-state index contributed by atoms with van der Waals surface area (Å²) in [4.78, 5) is 21.2. The number of esters is 1. The molecule has 0 fully saturated rings. The first-order valence-corrected chi connectivity index (χ1v) is 5.23. The zero-order valence-corrected chi connectivity index (χ0v) is 10.4. The van der Waals surface area contributed by atoms with Gasteiger partial charge in [-0.25, -0.2) is 0 Å². The molecule has 1 amide bonds. The molecule has 15 heavy (non-hydrogen) atoms. The van der Waals surface area contributed by atoms with Gasteiger partial charge in [-0.3, -0.25) is 9.59 Å². The Labute approximate surface area is 92.2 Å². The maximum atomic E-state index is 10.9. The van der Waals surface area contributed by atoms with Crippen molar-refractivity contribution in [3.8, 4) is 0 Å². The summed E-state index contributed by atoms with van der Waals surface area (Å²) in [6.45, 7) is 9.57. The van der Waals surface area contributed by atoms with Crippen LogP contribution in [0, 0.1) is 0 Å². The van der Waals surface area contributed by atoms with Gasteiger partial charge in [0.15, 0.2) is 0 Å².